The quantitative estimate of drug-likeness (QED) is 0.875. The van der Waals surface area contributed by atoms with E-state index in [0.717, 1.165) is 17.1 Å². The van der Waals surface area contributed by atoms with Crippen LogP contribution < -0.4 is 10.5 Å². The van der Waals surface area contributed by atoms with Crippen molar-refractivity contribution in [2.75, 3.05) is 26.6 Å². The van der Waals surface area contributed by atoms with Gasteiger partial charge in [0.1, 0.15) is 5.82 Å². The number of anilines is 1. The lowest BCUT2D eigenvalue weighted by molar-refractivity contribution is 0.183. The maximum absolute atomic E-state index is 6.08. The van der Waals surface area contributed by atoms with E-state index >= 15 is 0 Å². The molecule has 0 bridgehead atoms. The van der Waals surface area contributed by atoms with Crippen LogP contribution in [0.25, 0.3) is 5.65 Å². The van der Waals surface area contributed by atoms with Gasteiger partial charge in [0.05, 0.1) is 19.4 Å². The van der Waals surface area contributed by atoms with E-state index in [0.29, 0.717) is 12.4 Å². The third-order valence-electron chi connectivity index (χ3n) is 2.78. The fraction of sp³-hybridized carbons (Fsp3) is 0.417. The number of rotatable bonds is 4. The highest BCUT2D eigenvalue weighted by Crippen LogP contribution is 2.27. The number of nitrogens with two attached hydrogens (primary N) is 1. The van der Waals surface area contributed by atoms with Crippen LogP contribution in [0.1, 0.15) is 18.5 Å². The first-order valence-corrected chi connectivity index (χ1v) is 5.48. The lowest BCUT2D eigenvalue weighted by Gasteiger charge is -2.07. The first-order valence-electron chi connectivity index (χ1n) is 5.48. The molecule has 0 aliphatic rings. The zero-order valence-electron chi connectivity index (χ0n) is 10.3. The van der Waals surface area contributed by atoms with E-state index in [2.05, 4.69) is 4.98 Å². The Balaban J connectivity index is 2.56. The van der Waals surface area contributed by atoms with Crippen LogP contribution in [-0.2, 0) is 4.74 Å². The van der Waals surface area contributed by atoms with Gasteiger partial charge in [0.25, 0.3) is 0 Å². The summed E-state index contributed by atoms with van der Waals surface area (Å²) in [6.45, 7) is 2.63. The number of methoxy groups -OCH3 is 2. The predicted molar refractivity (Wildman–Crippen MR) is 66.4 cm³/mol. The van der Waals surface area contributed by atoms with E-state index in [1.807, 2.05) is 29.7 Å². The normalized spacial score (nSPS) is 12.9. The van der Waals surface area contributed by atoms with Crippen molar-refractivity contribution in [2.45, 2.75) is 12.8 Å². The lowest BCUT2D eigenvalue weighted by atomic mass is 10.1. The van der Waals surface area contributed by atoms with E-state index in [1.165, 1.54) is 0 Å². The minimum Gasteiger partial charge on any atom is -0.493 e. The highest BCUT2D eigenvalue weighted by molar-refractivity contribution is 5.61. The molecule has 0 saturated heterocycles. The Bertz CT molecular complexity index is 522. The second-order valence-corrected chi connectivity index (χ2v) is 4.01. The number of aromatic nitrogens is 2. The molecule has 0 fully saturated rings. The van der Waals surface area contributed by atoms with Gasteiger partial charge in [-0.2, -0.15) is 0 Å². The third-order valence-corrected chi connectivity index (χ3v) is 2.78. The van der Waals surface area contributed by atoms with E-state index < -0.39 is 0 Å². The first-order chi connectivity index (χ1) is 8.19. The molecule has 0 aliphatic carbocycles. The summed E-state index contributed by atoms with van der Waals surface area (Å²) in [5.41, 5.74) is 7.67. The van der Waals surface area contributed by atoms with Crippen molar-refractivity contribution in [1.82, 2.24) is 9.38 Å². The molecule has 1 unspecified atom stereocenters. The van der Waals surface area contributed by atoms with E-state index in [1.54, 1.807) is 14.2 Å². The van der Waals surface area contributed by atoms with Crippen molar-refractivity contribution < 1.29 is 9.47 Å². The number of hydrogen-bond acceptors (Lipinski definition) is 4. The smallest absolute Gasteiger partial charge is 0.181 e. The van der Waals surface area contributed by atoms with E-state index in [9.17, 15) is 0 Å². The SMILES string of the molecule is COCC(C)c1nc2c(OC)cccn2c1N. The van der Waals surface area contributed by atoms with Gasteiger partial charge in [-0.25, -0.2) is 4.98 Å². The molecule has 2 aromatic heterocycles. The maximum Gasteiger partial charge on any atom is 0.181 e. The van der Waals surface area contributed by atoms with Crippen molar-refractivity contribution in [3.05, 3.63) is 24.0 Å². The average Bonchev–Trinajstić information content (AvgIpc) is 2.67. The van der Waals surface area contributed by atoms with Crippen LogP contribution in [0.2, 0.25) is 0 Å². The summed E-state index contributed by atoms with van der Waals surface area (Å²) in [6, 6.07) is 3.75. The summed E-state index contributed by atoms with van der Waals surface area (Å²) in [5, 5.41) is 0. The van der Waals surface area contributed by atoms with Crippen LogP contribution in [-0.4, -0.2) is 30.2 Å². The van der Waals surface area contributed by atoms with Crippen LogP contribution in [0.4, 0.5) is 5.82 Å². The fourth-order valence-electron chi connectivity index (χ4n) is 1.93. The van der Waals surface area contributed by atoms with E-state index in [4.69, 9.17) is 15.2 Å². The van der Waals surface area contributed by atoms with Crippen LogP contribution in [0.5, 0.6) is 5.75 Å². The molecule has 2 N–H and O–H groups in total. The number of fused-ring (bicyclic) bond motifs is 1. The Labute approximate surface area is 100 Å². The first kappa shape index (κ1) is 11.7. The van der Waals surface area contributed by atoms with Crippen LogP contribution in [0.15, 0.2) is 18.3 Å². The van der Waals surface area contributed by atoms with Crippen molar-refractivity contribution in [3.63, 3.8) is 0 Å². The number of nitrogen functional groups attached to an aromatic ring is 1. The van der Waals surface area contributed by atoms with Crippen molar-refractivity contribution >= 4 is 11.5 Å². The molecule has 0 aliphatic heterocycles. The summed E-state index contributed by atoms with van der Waals surface area (Å²) < 4.78 is 12.2. The fourth-order valence-corrected chi connectivity index (χ4v) is 1.93. The molecule has 2 rings (SSSR count). The molecule has 17 heavy (non-hydrogen) atoms. The molecular formula is C12H17N3O2. The Morgan fingerprint density at radius 1 is 1.47 bits per heavy atom. The number of imidazole rings is 1. The number of ether oxygens (including phenoxy) is 2. The summed E-state index contributed by atoms with van der Waals surface area (Å²) in [6.07, 6.45) is 1.88. The number of hydrogen-bond donors (Lipinski definition) is 1. The molecule has 2 aromatic rings. The standard InChI is InChI=1S/C12H17N3O2/c1-8(7-16-2)10-11(13)15-6-4-5-9(17-3)12(15)14-10/h4-6,8H,7,13H2,1-3H3. The lowest BCUT2D eigenvalue weighted by Crippen LogP contribution is -2.05. The molecule has 5 heteroatoms. The van der Waals surface area contributed by atoms with E-state index in [-0.39, 0.29) is 5.92 Å². The maximum atomic E-state index is 6.08. The minimum atomic E-state index is 0.157. The van der Waals surface area contributed by atoms with Gasteiger partial charge in [-0.3, -0.25) is 4.40 Å². The van der Waals surface area contributed by atoms with Gasteiger partial charge in [-0.05, 0) is 12.1 Å². The third kappa shape index (κ3) is 1.93. The molecule has 2 heterocycles. The minimum absolute atomic E-state index is 0.157. The molecule has 0 aromatic carbocycles. The Morgan fingerprint density at radius 2 is 2.24 bits per heavy atom. The number of nitrogens with zero attached hydrogens (tertiary/aromatic N) is 2. The van der Waals surface area contributed by atoms with Crippen molar-refractivity contribution in [2.24, 2.45) is 0 Å². The summed E-state index contributed by atoms with van der Waals surface area (Å²) >= 11 is 0. The van der Waals surface area contributed by atoms with Gasteiger partial charge in [0, 0.05) is 19.2 Å². The van der Waals surface area contributed by atoms with Crippen molar-refractivity contribution in [3.8, 4) is 5.75 Å². The van der Waals surface area contributed by atoms with Crippen LogP contribution >= 0.6 is 0 Å². The zero-order chi connectivity index (χ0) is 12.4. The monoisotopic (exact) mass is 235 g/mol. The molecule has 0 radical (unpaired) electrons. The molecule has 5 nitrogen and oxygen atoms in total. The Hall–Kier alpha value is -1.75. The highest BCUT2D eigenvalue weighted by Gasteiger charge is 2.17. The van der Waals surface area contributed by atoms with Gasteiger partial charge in [-0.15, -0.1) is 0 Å². The highest BCUT2D eigenvalue weighted by atomic mass is 16.5. The van der Waals surface area contributed by atoms with Gasteiger partial charge in [0.2, 0.25) is 0 Å². The summed E-state index contributed by atoms with van der Waals surface area (Å²) in [5.74, 6) is 1.52. The topological polar surface area (TPSA) is 61.8 Å². The van der Waals surface area contributed by atoms with Gasteiger partial charge >= 0.3 is 0 Å². The van der Waals surface area contributed by atoms with Gasteiger partial charge < -0.3 is 15.2 Å². The van der Waals surface area contributed by atoms with Crippen LogP contribution in [0.3, 0.4) is 0 Å². The second kappa shape index (κ2) is 4.63. The largest absolute Gasteiger partial charge is 0.493 e. The molecule has 92 valence electrons. The van der Waals surface area contributed by atoms with Crippen LogP contribution in [0, 0.1) is 0 Å². The van der Waals surface area contributed by atoms with Gasteiger partial charge in [-0.1, -0.05) is 6.92 Å². The Kier molecular flexibility index (Phi) is 3.19. The molecule has 1 atom stereocenters. The average molecular weight is 235 g/mol. The second-order valence-electron chi connectivity index (χ2n) is 4.01. The van der Waals surface area contributed by atoms with Gasteiger partial charge in [0.15, 0.2) is 11.4 Å². The predicted octanol–water partition coefficient (Wildman–Crippen LogP) is 1.67. The summed E-state index contributed by atoms with van der Waals surface area (Å²) in [4.78, 5) is 4.53. The molecule has 0 saturated carbocycles. The molecular weight excluding hydrogens is 218 g/mol. The van der Waals surface area contributed by atoms with Crippen molar-refractivity contribution in [1.29, 1.82) is 0 Å². The summed E-state index contributed by atoms with van der Waals surface area (Å²) in [7, 11) is 3.29. The number of pyridine rings is 1. The Morgan fingerprint density at radius 3 is 2.88 bits per heavy atom. The molecule has 0 amide bonds. The molecule has 0 spiro atoms. The zero-order valence-corrected chi connectivity index (χ0v) is 10.3.